The molecule has 2 amide bonds. The van der Waals surface area contributed by atoms with Crippen LogP contribution < -0.4 is 42.4 Å². The number of hydrogen-bond acceptors (Lipinski definition) is 30. The molecule has 4 fully saturated rings. The van der Waals surface area contributed by atoms with Crippen LogP contribution in [0.3, 0.4) is 0 Å². The van der Waals surface area contributed by atoms with Crippen LogP contribution >= 0.6 is 86.9 Å². The zero-order chi connectivity index (χ0) is 86.4. The smallest absolute Gasteiger partial charge is 0.322 e. The largest absolute Gasteiger partial charge is 0.496 e. The lowest BCUT2D eigenvalue weighted by atomic mass is 9.47. The Labute approximate surface area is 719 Å². The van der Waals surface area contributed by atoms with Gasteiger partial charge in [0.1, 0.15) is 53.9 Å². The molecule has 4 aromatic rings. The Morgan fingerprint density at radius 2 is 1.28 bits per heavy atom. The second kappa shape index (κ2) is 46.5. The first-order valence-electron chi connectivity index (χ1n) is 38.5. The van der Waals surface area contributed by atoms with Crippen molar-refractivity contribution in [3.05, 3.63) is 83.0 Å². The van der Waals surface area contributed by atoms with Gasteiger partial charge < -0.3 is 134 Å². The summed E-state index contributed by atoms with van der Waals surface area (Å²) < 4.78 is 12.2. The highest BCUT2D eigenvalue weighted by Crippen LogP contribution is 2.67. The molecule has 1 spiro atoms. The van der Waals surface area contributed by atoms with Crippen molar-refractivity contribution in [1.82, 2.24) is 51.0 Å². The van der Waals surface area contributed by atoms with Crippen LogP contribution in [0.15, 0.2) is 65.2 Å². The number of para-hydroxylation sites is 1. The van der Waals surface area contributed by atoms with Crippen LogP contribution in [-0.2, 0) is 31.6 Å². The van der Waals surface area contributed by atoms with Crippen molar-refractivity contribution in [1.29, 1.82) is 0 Å². The Morgan fingerprint density at radius 3 is 1.74 bits per heavy atom. The summed E-state index contributed by atoms with van der Waals surface area (Å²) in [5.41, 5.74) is 9.84. The van der Waals surface area contributed by atoms with E-state index >= 15 is 4.79 Å². The van der Waals surface area contributed by atoms with Gasteiger partial charge in [-0.2, -0.15) is 0 Å². The molecular formula is C75H121Br4Cl2N15O20. The second-order valence-electron chi connectivity index (χ2n) is 30.2. The number of carbonyl (C=O) groups is 3. The molecule has 0 radical (unpaired) electrons. The van der Waals surface area contributed by atoms with Crippen molar-refractivity contribution in [2.45, 2.75) is 166 Å². The number of aromatic nitrogens is 3. The van der Waals surface area contributed by atoms with Gasteiger partial charge >= 0.3 is 5.97 Å². The average molecular weight is 1940 g/mol. The SMILES string of the molecule is C1CNCCN1.CC[C@]1(O)C[C@H]2CN(CCc3c([nH]c4ccccc34)[C@@](C(=O)OC)(c3cc4c(cc3OC)N(C)[C@H]3[C@@](O)(C(N)=O)[C@H](O)[C@]5(CC)C=CCN6CC[C@]43[C@@H]65)C2)C1.CN(C)/N=N/c1[nH]cnc1C(N)=O.OC(CBr)C(O)C(O)C(O)CBr.O[C@@H]([C@H](O)[C@H](O)CBr)[C@H](O)CBr.O[C@@H]([C@H](O)[C@H](O)CNCCCl)[C@H](O)CNCCCl. The number of ether oxygens (including phenoxy) is 2. The average Bonchev–Trinajstić information content (AvgIpc) is 1.47. The number of alkyl halides is 6. The van der Waals surface area contributed by atoms with Crippen LogP contribution in [0.5, 0.6) is 5.75 Å². The molecule has 2 bridgehead atoms. The highest BCUT2D eigenvalue weighted by molar-refractivity contribution is 9.09. The third kappa shape index (κ3) is 22.9. The summed E-state index contributed by atoms with van der Waals surface area (Å²) in [6.07, 6.45) is -7.74. The number of nitrogens with zero attached hydrogens (tertiary/aromatic N) is 7. The highest BCUT2D eigenvalue weighted by atomic mass is 79.9. The summed E-state index contributed by atoms with van der Waals surface area (Å²) in [6, 6.07) is 11.0. The first-order chi connectivity index (χ1) is 55.0. The molecule has 2 aromatic heterocycles. The third-order valence-corrected chi connectivity index (χ3v) is 25.7. The fourth-order valence-corrected chi connectivity index (χ4v) is 18.7. The minimum absolute atomic E-state index is 0.0790. The molecule has 11 rings (SSSR count). The maximum absolute atomic E-state index is 15.2. The van der Waals surface area contributed by atoms with Crippen molar-refractivity contribution < 1.29 is 100 Å². The van der Waals surface area contributed by atoms with Gasteiger partial charge in [0.15, 0.2) is 17.1 Å². The van der Waals surface area contributed by atoms with E-state index in [1.54, 1.807) is 21.2 Å². The van der Waals surface area contributed by atoms with Crippen LogP contribution in [0.4, 0.5) is 11.5 Å². The summed E-state index contributed by atoms with van der Waals surface area (Å²) in [7, 11) is 8.32. The Morgan fingerprint density at radius 1 is 0.741 bits per heavy atom. The molecule has 22 atom stereocenters. The van der Waals surface area contributed by atoms with Crippen molar-refractivity contribution in [2.75, 3.05) is 158 Å². The van der Waals surface area contributed by atoms with E-state index in [9.17, 15) is 65.8 Å². The molecule has 35 nitrogen and oxygen atoms in total. The molecule has 5 unspecified atom stereocenters. The van der Waals surface area contributed by atoms with Gasteiger partial charge in [0.05, 0.1) is 68.8 Å². The Hall–Kier alpha value is -4.00. The molecule has 1 aliphatic carbocycles. The van der Waals surface area contributed by atoms with Gasteiger partial charge in [-0.05, 0) is 74.2 Å². The van der Waals surface area contributed by atoms with E-state index in [0.29, 0.717) is 94.3 Å². The number of piperazine rings is 1. The number of esters is 1. The van der Waals surface area contributed by atoms with Crippen molar-refractivity contribution in [3.63, 3.8) is 0 Å². The summed E-state index contributed by atoms with van der Waals surface area (Å²) in [5.74, 6) is -0.596. The zero-order valence-electron chi connectivity index (χ0n) is 66.4. The zero-order valence-corrected chi connectivity index (χ0v) is 74.3. The first kappa shape index (κ1) is 101. The predicted molar refractivity (Wildman–Crippen MR) is 454 cm³/mol. The summed E-state index contributed by atoms with van der Waals surface area (Å²) in [4.78, 5) is 56.3. The number of anilines is 1. The number of amides is 2. The fourth-order valence-electron chi connectivity index (χ4n) is 16.9. The number of fused-ring (bicyclic) bond motifs is 6. The van der Waals surface area contributed by atoms with E-state index in [1.807, 2.05) is 62.2 Å². The van der Waals surface area contributed by atoms with Crippen LogP contribution in [0.2, 0.25) is 0 Å². The number of imidazole rings is 1. The maximum atomic E-state index is 15.2. The lowest BCUT2D eigenvalue weighted by Gasteiger charge is -2.63. The molecule has 2 aromatic carbocycles. The Balaban J connectivity index is 0.000000276. The van der Waals surface area contributed by atoms with E-state index in [4.69, 9.17) is 64.6 Å². The molecule has 7 aliphatic rings. The molecule has 3 saturated heterocycles. The molecule has 6 aliphatic heterocycles. The lowest BCUT2D eigenvalue weighted by Crippen LogP contribution is -2.81. The predicted octanol–water partition coefficient (Wildman–Crippen LogP) is -1.49. The van der Waals surface area contributed by atoms with Crippen molar-refractivity contribution in [2.24, 2.45) is 33.1 Å². The van der Waals surface area contributed by atoms with Gasteiger partial charge in [-0.15, -0.1) is 28.3 Å². The number of aromatic amines is 2. The first-order valence-corrected chi connectivity index (χ1v) is 44.1. The van der Waals surface area contributed by atoms with Gasteiger partial charge in [-0.25, -0.2) is 4.98 Å². The van der Waals surface area contributed by atoms with Gasteiger partial charge in [-0.3, -0.25) is 29.2 Å². The number of benzene rings is 2. The number of aliphatic hydroxyl groups is 15. The van der Waals surface area contributed by atoms with Crippen LogP contribution in [0.1, 0.15) is 78.8 Å². The number of methoxy groups -OCH3 is 2. The number of rotatable bonds is 30. The molecule has 116 heavy (non-hydrogen) atoms. The fraction of sp³-hybridized carbons (Fsp3) is 0.707. The number of nitrogens with two attached hydrogens (primary N) is 2. The van der Waals surface area contributed by atoms with E-state index in [0.717, 1.165) is 72.7 Å². The number of likely N-dealkylation sites (N-methyl/N-ethyl adjacent to an activating group) is 1. The van der Waals surface area contributed by atoms with E-state index in [-0.39, 0.29) is 57.9 Å². The topological polar surface area (TPSA) is 555 Å². The summed E-state index contributed by atoms with van der Waals surface area (Å²) >= 11 is 22.6. The quantitative estimate of drug-likeness (QED) is 0.00706. The highest BCUT2D eigenvalue weighted by Gasteiger charge is 2.78. The van der Waals surface area contributed by atoms with E-state index in [1.165, 1.54) is 18.4 Å². The maximum Gasteiger partial charge on any atom is 0.322 e. The van der Waals surface area contributed by atoms with Crippen molar-refractivity contribution in [3.8, 4) is 5.75 Å². The molecule has 8 heterocycles. The molecule has 41 heteroatoms. The second-order valence-corrected chi connectivity index (χ2v) is 33.6. The number of piperidine rings is 1. The number of H-pyrrole nitrogens is 2. The summed E-state index contributed by atoms with van der Waals surface area (Å²) in [6.45, 7) is 13.1. The molecule has 25 N–H and O–H groups in total. The number of nitrogens with one attached hydrogen (secondary N) is 6. The number of carbonyl (C=O) groups excluding carboxylic acids is 3. The molecular weight excluding hydrogens is 1820 g/mol. The third-order valence-electron chi connectivity index (χ3n) is 22.7. The van der Waals surface area contributed by atoms with E-state index in [2.05, 4.69) is 132 Å². The number of primary amides is 2. The Kier molecular flexibility index (Phi) is 40.4. The normalized spacial score (nSPS) is 28.2. The van der Waals surface area contributed by atoms with Crippen LogP contribution in [0.25, 0.3) is 10.9 Å². The lowest BCUT2D eigenvalue weighted by molar-refractivity contribution is -0.201. The minimum Gasteiger partial charge on any atom is -0.496 e. The number of aliphatic hydroxyl groups excluding tert-OH is 13. The van der Waals surface area contributed by atoms with Crippen molar-refractivity contribution >= 4 is 127 Å². The van der Waals surface area contributed by atoms with E-state index < -0.39 is 131 Å². The number of hydrogen-bond donors (Lipinski definition) is 23. The summed E-state index contributed by atoms with van der Waals surface area (Å²) in [5, 5.41) is 171. The van der Waals surface area contributed by atoms with Crippen LogP contribution in [0, 0.1) is 11.3 Å². The molecule has 1 saturated carbocycles. The monoisotopic (exact) mass is 1940 g/mol. The van der Waals surface area contributed by atoms with Gasteiger partial charge in [0, 0.05) is 184 Å². The van der Waals surface area contributed by atoms with Crippen LogP contribution in [-0.4, -0.2) is 380 Å². The molecule has 658 valence electrons. The number of halogens is 6. The Bertz CT molecular complexity index is 3690. The minimum atomic E-state index is -2.30. The van der Waals surface area contributed by atoms with Gasteiger partial charge in [-0.1, -0.05) is 113 Å². The van der Waals surface area contributed by atoms with Gasteiger partial charge in [0.2, 0.25) is 0 Å². The standard InChI is InChI=1S/C43H55N5O7.C10H22Cl2N2O4.2C6H12Br2O4.C6H10N6O.C4H10N2/c1-6-39(52)21-25-22-42(38(51)55-5,33-27(13-17-47(23-25)24-39)26-11-8-9-12-30(26)45-33)29-19-28-31(20-32(29)54-4)46(3)35-41(28)15-18-48-16-10-14-40(7-2,34(41)48)36(49)43(35,53)37(44)50;11-1-3-13-5-7(15)9(17)10(18)8(16)6-14-4-2-12;2*7-1-3(9)5(11)6(12)4(10)2-8;1-12(2)11-10-6-4(5(7)13)8-3-9-6;1-2-6-4-3-5-1/h8-12,14,19-20,25,34-36,45,49,52-53H,6-7,13,15-18,21-24H2,1-5H3,(H2,44,50);7-10,13-18H,1-6H2;2*3-6,9-12H,1-2H2;3H,1-2H3,(H2,7,13)(H,8,9);5-6H,1-4H2/b;;;;11-10+;/t25-,34+,35-,36-,39+,40-,41-,42+,43+;7-,8-,9-,10-;3-,4-,5-,6-;;;/m111.../s1. The van der Waals surface area contributed by atoms with Gasteiger partial charge in [0.25, 0.3) is 11.8 Å².